The average molecular weight is 227 g/mol. The van der Waals surface area contributed by atoms with E-state index in [4.69, 9.17) is 0 Å². The molecule has 0 atom stereocenters. The van der Waals surface area contributed by atoms with Gasteiger partial charge in [-0.05, 0) is 6.07 Å². The maximum atomic E-state index is 10.5. The van der Waals surface area contributed by atoms with Crippen LogP contribution in [0.1, 0.15) is 5.56 Å². The van der Waals surface area contributed by atoms with Crippen LogP contribution in [0.3, 0.4) is 0 Å². The summed E-state index contributed by atoms with van der Waals surface area (Å²) < 4.78 is 0. The number of hydrogen-bond donors (Lipinski definition) is 0. The molecule has 0 spiro atoms. The van der Waals surface area contributed by atoms with Crippen LogP contribution in [0.2, 0.25) is 0 Å². The number of benzene rings is 1. The molecule has 1 aromatic carbocycles. The summed E-state index contributed by atoms with van der Waals surface area (Å²) in [4.78, 5) is 28.7. The van der Waals surface area contributed by atoms with E-state index in [-0.39, 0.29) is 5.56 Å². The van der Waals surface area contributed by atoms with E-state index in [9.17, 15) is 30.3 Å². The Morgan fingerprint density at radius 3 is 2.06 bits per heavy atom. The van der Waals surface area contributed by atoms with E-state index >= 15 is 0 Å². The lowest BCUT2D eigenvalue weighted by Gasteiger charge is -1.98. The van der Waals surface area contributed by atoms with Crippen LogP contribution in [-0.2, 0) is 6.54 Å². The third kappa shape index (κ3) is 2.47. The third-order valence-corrected chi connectivity index (χ3v) is 1.78. The van der Waals surface area contributed by atoms with Crippen molar-refractivity contribution in [2.45, 2.75) is 6.54 Å². The highest BCUT2D eigenvalue weighted by atomic mass is 16.6. The lowest BCUT2D eigenvalue weighted by atomic mass is 10.1. The Balaban J connectivity index is 3.24. The zero-order chi connectivity index (χ0) is 12.3. The summed E-state index contributed by atoms with van der Waals surface area (Å²) in [5, 5.41) is 31.1. The molecule has 0 aliphatic rings. The summed E-state index contributed by atoms with van der Waals surface area (Å²) in [7, 11) is 0. The summed E-state index contributed by atoms with van der Waals surface area (Å²) in [5.41, 5.74) is -1.26. The maximum Gasteiger partial charge on any atom is 0.286 e. The second-order valence-electron chi connectivity index (χ2n) is 2.82. The Labute approximate surface area is 87.8 Å². The van der Waals surface area contributed by atoms with Gasteiger partial charge in [-0.1, -0.05) is 0 Å². The van der Waals surface area contributed by atoms with Crippen molar-refractivity contribution in [3.8, 4) is 0 Å². The highest BCUT2D eigenvalue weighted by Gasteiger charge is 2.21. The predicted molar refractivity (Wildman–Crippen MR) is 50.4 cm³/mol. The van der Waals surface area contributed by atoms with Gasteiger partial charge in [-0.2, -0.15) is 0 Å². The predicted octanol–water partition coefficient (Wildman–Crippen LogP) is 1.28. The van der Waals surface area contributed by atoms with Gasteiger partial charge in [0.05, 0.1) is 15.9 Å². The molecule has 0 amide bonds. The Hall–Kier alpha value is -2.58. The van der Waals surface area contributed by atoms with E-state index in [0.717, 1.165) is 12.1 Å². The molecule has 9 nitrogen and oxygen atoms in total. The first-order valence-electron chi connectivity index (χ1n) is 3.95. The van der Waals surface area contributed by atoms with Crippen LogP contribution >= 0.6 is 0 Å². The quantitative estimate of drug-likeness (QED) is 0.562. The molecule has 0 aliphatic carbocycles. The second kappa shape index (κ2) is 4.29. The molecule has 84 valence electrons. The summed E-state index contributed by atoms with van der Waals surface area (Å²) in [6, 6.07) is 2.71. The standard InChI is InChI=1S/C7H5N3O6/c11-8(12)4-5-1-2-6(9(13)14)3-7(5)10(15)16/h1-3H,4H2. The van der Waals surface area contributed by atoms with Crippen molar-refractivity contribution in [2.24, 2.45) is 0 Å². The molecular formula is C7H5N3O6. The van der Waals surface area contributed by atoms with Crippen molar-refractivity contribution in [2.75, 3.05) is 0 Å². The van der Waals surface area contributed by atoms with E-state index in [2.05, 4.69) is 0 Å². The van der Waals surface area contributed by atoms with Crippen molar-refractivity contribution in [1.82, 2.24) is 0 Å². The minimum absolute atomic E-state index is 0.166. The number of rotatable bonds is 4. The number of non-ortho nitro benzene ring substituents is 1. The van der Waals surface area contributed by atoms with Gasteiger partial charge in [-0.25, -0.2) is 0 Å². The van der Waals surface area contributed by atoms with Crippen LogP contribution in [0.4, 0.5) is 11.4 Å². The highest BCUT2D eigenvalue weighted by molar-refractivity contribution is 5.48. The SMILES string of the molecule is O=[N+]([O-])Cc1ccc([N+](=O)[O-])cc1[N+](=O)[O-]. The Morgan fingerprint density at radius 2 is 1.62 bits per heavy atom. The molecule has 0 radical (unpaired) electrons. The normalized spacial score (nSPS) is 9.75. The largest absolute Gasteiger partial charge is 0.286 e. The first-order chi connectivity index (χ1) is 7.41. The molecule has 1 rings (SSSR count). The van der Waals surface area contributed by atoms with Gasteiger partial charge >= 0.3 is 0 Å². The first kappa shape index (κ1) is 11.5. The molecule has 0 N–H and O–H groups in total. The topological polar surface area (TPSA) is 129 Å². The van der Waals surface area contributed by atoms with E-state index in [1.165, 1.54) is 0 Å². The smallest absolute Gasteiger partial charge is 0.264 e. The van der Waals surface area contributed by atoms with Crippen molar-refractivity contribution < 1.29 is 14.8 Å². The van der Waals surface area contributed by atoms with Crippen LogP contribution in [0.15, 0.2) is 18.2 Å². The first-order valence-corrected chi connectivity index (χ1v) is 3.95. The van der Waals surface area contributed by atoms with Gasteiger partial charge in [0.1, 0.15) is 5.56 Å². The Kier molecular flexibility index (Phi) is 3.09. The van der Waals surface area contributed by atoms with Gasteiger partial charge in [-0.15, -0.1) is 0 Å². The lowest BCUT2D eigenvalue weighted by molar-refractivity contribution is -0.498. The molecule has 0 aromatic heterocycles. The highest BCUT2D eigenvalue weighted by Crippen LogP contribution is 2.24. The monoisotopic (exact) mass is 227 g/mol. The van der Waals surface area contributed by atoms with E-state index in [1.807, 2.05) is 0 Å². The number of nitro groups is 3. The average Bonchev–Trinajstić information content (AvgIpc) is 2.16. The van der Waals surface area contributed by atoms with E-state index in [0.29, 0.717) is 6.07 Å². The summed E-state index contributed by atoms with van der Waals surface area (Å²) in [5.74, 6) is 0. The molecule has 0 aliphatic heterocycles. The van der Waals surface area contributed by atoms with Crippen LogP contribution < -0.4 is 0 Å². The zero-order valence-electron chi connectivity index (χ0n) is 7.73. The Bertz CT molecular complexity index is 471. The summed E-state index contributed by atoms with van der Waals surface area (Å²) in [6.45, 7) is -0.742. The molecule has 9 heteroatoms. The van der Waals surface area contributed by atoms with Crippen LogP contribution in [0.25, 0.3) is 0 Å². The molecule has 16 heavy (non-hydrogen) atoms. The minimum Gasteiger partial charge on any atom is -0.264 e. The number of nitrogens with zero attached hydrogens (tertiary/aromatic N) is 3. The molecule has 0 saturated carbocycles. The van der Waals surface area contributed by atoms with Gasteiger partial charge in [0, 0.05) is 11.0 Å². The molecule has 0 fully saturated rings. The molecular weight excluding hydrogens is 222 g/mol. The number of hydrogen-bond acceptors (Lipinski definition) is 6. The zero-order valence-corrected chi connectivity index (χ0v) is 7.73. The molecule has 0 heterocycles. The maximum absolute atomic E-state index is 10.5. The van der Waals surface area contributed by atoms with Crippen molar-refractivity contribution in [3.05, 3.63) is 54.1 Å². The van der Waals surface area contributed by atoms with Gasteiger partial charge in [-0.3, -0.25) is 30.3 Å². The van der Waals surface area contributed by atoms with Crippen LogP contribution in [-0.4, -0.2) is 14.8 Å². The molecule has 0 bridgehead atoms. The molecule has 0 unspecified atom stereocenters. The fraction of sp³-hybridized carbons (Fsp3) is 0.143. The van der Waals surface area contributed by atoms with Gasteiger partial charge in [0.2, 0.25) is 6.54 Å². The van der Waals surface area contributed by atoms with Crippen LogP contribution in [0.5, 0.6) is 0 Å². The van der Waals surface area contributed by atoms with E-state index in [1.54, 1.807) is 0 Å². The number of nitro benzene ring substituents is 2. The summed E-state index contributed by atoms with van der Waals surface area (Å²) >= 11 is 0. The van der Waals surface area contributed by atoms with Crippen molar-refractivity contribution in [1.29, 1.82) is 0 Å². The van der Waals surface area contributed by atoms with Crippen molar-refractivity contribution in [3.63, 3.8) is 0 Å². The Morgan fingerprint density at radius 1 is 1.00 bits per heavy atom. The fourth-order valence-electron chi connectivity index (χ4n) is 1.11. The molecule has 1 aromatic rings. The van der Waals surface area contributed by atoms with Crippen LogP contribution in [0, 0.1) is 30.3 Å². The van der Waals surface area contributed by atoms with E-state index < -0.39 is 32.7 Å². The van der Waals surface area contributed by atoms with Gasteiger partial charge in [0.15, 0.2) is 0 Å². The fourth-order valence-corrected chi connectivity index (χ4v) is 1.11. The van der Waals surface area contributed by atoms with Crippen molar-refractivity contribution >= 4 is 11.4 Å². The van der Waals surface area contributed by atoms with Gasteiger partial charge in [0.25, 0.3) is 11.4 Å². The molecule has 0 saturated heterocycles. The lowest BCUT2D eigenvalue weighted by Crippen LogP contribution is -2.03. The second-order valence-corrected chi connectivity index (χ2v) is 2.82. The van der Waals surface area contributed by atoms with Gasteiger partial charge < -0.3 is 0 Å². The third-order valence-electron chi connectivity index (χ3n) is 1.78. The minimum atomic E-state index is -0.883. The summed E-state index contributed by atoms with van der Waals surface area (Å²) in [6.07, 6.45) is 0.